The molecule has 0 radical (unpaired) electrons. The van der Waals surface area contributed by atoms with Gasteiger partial charge in [0, 0.05) is 12.3 Å². The summed E-state index contributed by atoms with van der Waals surface area (Å²) in [7, 11) is 0. The highest BCUT2D eigenvalue weighted by atomic mass is 16.5. The van der Waals surface area contributed by atoms with E-state index in [0.717, 1.165) is 38.0 Å². The number of hydrogen-bond donors (Lipinski definition) is 2. The second-order valence-electron chi connectivity index (χ2n) is 5.74. The molecule has 108 valence electrons. The van der Waals surface area contributed by atoms with Crippen LogP contribution in [0.25, 0.3) is 0 Å². The van der Waals surface area contributed by atoms with Crippen molar-refractivity contribution < 1.29 is 9.53 Å². The van der Waals surface area contributed by atoms with Gasteiger partial charge >= 0.3 is 0 Å². The van der Waals surface area contributed by atoms with E-state index in [1.807, 2.05) is 25.1 Å². The fourth-order valence-corrected chi connectivity index (χ4v) is 3.05. The summed E-state index contributed by atoms with van der Waals surface area (Å²) in [4.78, 5) is 12.3. The van der Waals surface area contributed by atoms with E-state index in [9.17, 15) is 4.79 Å². The Morgan fingerprint density at radius 2 is 2.25 bits per heavy atom. The van der Waals surface area contributed by atoms with Crippen molar-refractivity contribution in [1.29, 1.82) is 0 Å². The maximum atomic E-state index is 12.3. The topological polar surface area (TPSA) is 50.4 Å². The highest BCUT2D eigenvalue weighted by Crippen LogP contribution is 2.24. The van der Waals surface area contributed by atoms with E-state index in [-0.39, 0.29) is 24.1 Å². The molecule has 2 aliphatic rings. The van der Waals surface area contributed by atoms with Crippen molar-refractivity contribution in [2.45, 2.75) is 50.8 Å². The van der Waals surface area contributed by atoms with E-state index in [1.165, 1.54) is 5.56 Å². The number of nitrogens with one attached hydrogen (secondary N) is 2. The smallest absolute Gasteiger partial charge is 0.242 e. The minimum Gasteiger partial charge on any atom is -0.376 e. The van der Waals surface area contributed by atoms with Gasteiger partial charge in [-0.25, -0.2) is 0 Å². The molecule has 1 saturated heterocycles. The fourth-order valence-electron chi connectivity index (χ4n) is 3.05. The molecular weight excluding hydrogens is 252 g/mol. The van der Waals surface area contributed by atoms with E-state index >= 15 is 0 Å². The van der Waals surface area contributed by atoms with Crippen LogP contribution in [0.2, 0.25) is 0 Å². The molecule has 3 unspecified atom stereocenters. The van der Waals surface area contributed by atoms with Crippen LogP contribution in [0.3, 0.4) is 0 Å². The van der Waals surface area contributed by atoms with Gasteiger partial charge < -0.3 is 15.4 Å². The van der Waals surface area contributed by atoms with E-state index in [4.69, 9.17) is 4.74 Å². The molecule has 2 heterocycles. The number of ether oxygens (including phenoxy) is 1. The molecule has 0 saturated carbocycles. The van der Waals surface area contributed by atoms with Gasteiger partial charge in [-0.2, -0.15) is 0 Å². The van der Waals surface area contributed by atoms with Crippen LogP contribution in [0.5, 0.6) is 0 Å². The number of carbonyl (C=O) groups is 1. The molecule has 0 spiro atoms. The Kier molecular flexibility index (Phi) is 3.92. The lowest BCUT2D eigenvalue weighted by molar-refractivity contribution is -0.123. The zero-order valence-electron chi connectivity index (χ0n) is 11.9. The van der Waals surface area contributed by atoms with Crippen LogP contribution in [0.15, 0.2) is 24.3 Å². The maximum Gasteiger partial charge on any atom is 0.242 e. The molecule has 0 bridgehead atoms. The molecule has 0 aromatic heterocycles. The third-order valence-corrected chi connectivity index (χ3v) is 4.26. The fraction of sp³-hybridized carbons (Fsp3) is 0.562. The Morgan fingerprint density at radius 1 is 1.40 bits per heavy atom. The molecule has 1 amide bonds. The maximum absolute atomic E-state index is 12.3. The van der Waals surface area contributed by atoms with E-state index in [0.29, 0.717) is 0 Å². The average molecular weight is 274 g/mol. The van der Waals surface area contributed by atoms with Gasteiger partial charge in [0.15, 0.2) is 0 Å². The molecular formula is C16H22N2O2. The molecule has 3 atom stereocenters. The molecule has 2 N–H and O–H groups in total. The van der Waals surface area contributed by atoms with Crippen LogP contribution in [0, 0.1) is 0 Å². The average Bonchev–Trinajstić information content (AvgIpc) is 3.01. The number of anilines is 1. The summed E-state index contributed by atoms with van der Waals surface area (Å²) < 4.78 is 5.62. The Morgan fingerprint density at radius 3 is 3.05 bits per heavy atom. The number of para-hydroxylation sites is 1. The van der Waals surface area contributed by atoms with E-state index in [2.05, 4.69) is 16.7 Å². The van der Waals surface area contributed by atoms with Crippen molar-refractivity contribution in [2.24, 2.45) is 0 Å². The van der Waals surface area contributed by atoms with E-state index < -0.39 is 0 Å². The molecule has 4 nitrogen and oxygen atoms in total. The first kappa shape index (κ1) is 13.4. The second kappa shape index (κ2) is 5.83. The zero-order valence-corrected chi connectivity index (χ0v) is 11.9. The van der Waals surface area contributed by atoms with Crippen molar-refractivity contribution in [2.75, 3.05) is 11.9 Å². The molecule has 0 aliphatic carbocycles. The van der Waals surface area contributed by atoms with Crippen LogP contribution < -0.4 is 10.6 Å². The lowest BCUT2D eigenvalue weighted by atomic mass is 9.97. The van der Waals surface area contributed by atoms with Gasteiger partial charge in [0.2, 0.25) is 5.91 Å². The molecule has 1 fully saturated rings. The Labute approximate surface area is 119 Å². The minimum absolute atomic E-state index is 0.0857. The molecule has 4 heteroatoms. The highest BCUT2D eigenvalue weighted by molar-refractivity contribution is 5.85. The highest BCUT2D eigenvalue weighted by Gasteiger charge is 2.28. The number of hydrogen-bond acceptors (Lipinski definition) is 3. The number of carbonyl (C=O) groups excluding carboxylic acids is 1. The Hall–Kier alpha value is -1.55. The number of benzene rings is 1. The molecule has 2 aliphatic heterocycles. The van der Waals surface area contributed by atoms with Crippen LogP contribution in [-0.2, 0) is 16.0 Å². The van der Waals surface area contributed by atoms with Crippen molar-refractivity contribution in [1.82, 2.24) is 5.32 Å². The monoisotopic (exact) mass is 274 g/mol. The second-order valence-corrected chi connectivity index (χ2v) is 5.74. The zero-order chi connectivity index (χ0) is 13.9. The van der Waals surface area contributed by atoms with Crippen LogP contribution in [0.4, 0.5) is 5.69 Å². The standard InChI is InChI=1S/C16H22N2O2/c1-11(15-7-4-10-20-15)17-16(19)14-9-8-12-5-2-3-6-13(12)18-14/h2-3,5-6,11,14-15,18H,4,7-10H2,1H3,(H,17,19). The largest absolute Gasteiger partial charge is 0.376 e. The molecule has 1 aromatic rings. The predicted molar refractivity (Wildman–Crippen MR) is 78.8 cm³/mol. The first-order valence-corrected chi connectivity index (χ1v) is 7.50. The first-order chi connectivity index (χ1) is 9.74. The quantitative estimate of drug-likeness (QED) is 0.887. The molecule has 1 aromatic carbocycles. The van der Waals surface area contributed by atoms with Gasteiger partial charge in [0.05, 0.1) is 12.1 Å². The van der Waals surface area contributed by atoms with Crippen LogP contribution in [-0.4, -0.2) is 30.7 Å². The summed E-state index contributed by atoms with van der Waals surface area (Å²) in [5.74, 6) is 0.0857. The Bertz CT molecular complexity index is 483. The van der Waals surface area contributed by atoms with Gasteiger partial charge in [0.1, 0.15) is 6.04 Å². The normalized spacial score (nSPS) is 26.4. The van der Waals surface area contributed by atoms with Gasteiger partial charge in [-0.3, -0.25) is 4.79 Å². The summed E-state index contributed by atoms with van der Waals surface area (Å²) >= 11 is 0. The van der Waals surface area contributed by atoms with E-state index in [1.54, 1.807) is 0 Å². The van der Waals surface area contributed by atoms with Crippen molar-refractivity contribution in [3.63, 3.8) is 0 Å². The summed E-state index contributed by atoms with van der Waals surface area (Å²) in [5.41, 5.74) is 2.38. The van der Waals surface area contributed by atoms with Gasteiger partial charge in [-0.05, 0) is 44.2 Å². The van der Waals surface area contributed by atoms with Crippen molar-refractivity contribution in [3.05, 3.63) is 29.8 Å². The predicted octanol–water partition coefficient (Wildman–Crippen LogP) is 2.10. The Balaban J connectivity index is 1.58. The lowest BCUT2D eigenvalue weighted by Crippen LogP contribution is -2.48. The third-order valence-electron chi connectivity index (χ3n) is 4.26. The number of rotatable bonds is 3. The lowest BCUT2D eigenvalue weighted by Gasteiger charge is -2.28. The summed E-state index contributed by atoms with van der Waals surface area (Å²) in [6.07, 6.45) is 4.12. The van der Waals surface area contributed by atoms with Gasteiger partial charge in [-0.15, -0.1) is 0 Å². The van der Waals surface area contributed by atoms with Crippen LogP contribution in [0.1, 0.15) is 31.7 Å². The number of aryl methyl sites for hydroxylation is 1. The third kappa shape index (κ3) is 2.80. The summed E-state index contributed by atoms with van der Waals surface area (Å²) in [6.45, 7) is 2.85. The summed E-state index contributed by atoms with van der Waals surface area (Å²) in [6, 6.07) is 8.16. The van der Waals surface area contributed by atoms with Crippen LogP contribution >= 0.6 is 0 Å². The van der Waals surface area contributed by atoms with Crippen molar-refractivity contribution >= 4 is 11.6 Å². The summed E-state index contributed by atoms with van der Waals surface area (Å²) in [5, 5.41) is 6.44. The molecule has 20 heavy (non-hydrogen) atoms. The van der Waals surface area contributed by atoms with Crippen molar-refractivity contribution in [3.8, 4) is 0 Å². The van der Waals surface area contributed by atoms with Gasteiger partial charge in [0.25, 0.3) is 0 Å². The first-order valence-electron chi connectivity index (χ1n) is 7.50. The molecule has 3 rings (SSSR count). The SMILES string of the molecule is CC(NC(=O)C1CCc2ccccc2N1)C1CCCO1. The number of fused-ring (bicyclic) bond motifs is 1. The number of amides is 1. The van der Waals surface area contributed by atoms with Gasteiger partial charge in [-0.1, -0.05) is 18.2 Å². The minimum atomic E-state index is -0.131.